The van der Waals surface area contributed by atoms with Gasteiger partial charge < -0.3 is 4.90 Å². The molecule has 0 amide bonds. The van der Waals surface area contributed by atoms with Gasteiger partial charge in [0.05, 0.1) is 22.8 Å². The summed E-state index contributed by atoms with van der Waals surface area (Å²) in [6, 6.07) is 14.3. The largest absolute Gasteiger partial charge is 0.369 e. The first-order chi connectivity index (χ1) is 15.7. The Morgan fingerprint density at radius 2 is 1.81 bits per heavy atom. The second-order valence-electron chi connectivity index (χ2n) is 8.39. The van der Waals surface area contributed by atoms with Crippen LogP contribution in [0.3, 0.4) is 0 Å². The molecule has 0 N–H and O–H groups in total. The molecule has 0 radical (unpaired) electrons. The van der Waals surface area contributed by atoms with Crippen LogP contribution in [0.4, 0.5) is 16.4 Å². The number of piperazine rings is 1. The maximum absolute atomic E-state index is 9.29. The van der Waals surface area contributed by atoms with Crippen LogP contribution in [0.2, 0.25) is 0 Å². The lowest BCUT2D eigenvalue weighted by Crippen LogP contribution is -2.46. The Balaban J connectivity index is 1.35. The van der Waals surface area contributed by atoms with Crippen LogP contribution in [-0.4, -0.2) is 42.0 Å². The molecule has 2 heterocycles. The van der Waals surface area contributed by atoms with E-state index in [9.17, 15) is 5.26 Å². The number of hydrogen-bond acceptors (Lipinski definition) is 7. The van der Waals surface area contributed by atoms with Crippen LogP contribution in [-0.2, 0) is 0 Å². The van der Waals surface area contributed by atoms with Crippen molar-refractivity contribution in [2.24, 2.45) is 10.2 Å². The number of nitriles is 1. The van der Waals surface area contributed by atoms with E-state index in [0.29, 0.717) is 5.56 Å². The van der Waals surface area contributed by atoms with E-state index < -0.39 is 0 Å². The molecule has 1 saturated heterocycles. The first-order valence-corrected chi connectivity index (χ1v) is 12.2. The highest BCUT2D eigenvalue weighted by Gasteiger charge is 2.16. The van der Waals surface area contributed by atoms with Crippen LogP contribution in [0.15, 0.2) is 46.6 Å². The van der Waals surface area contributed by atoms with E-state index in [0.717, 1.165) is 53.3 Å². The fraction of sp³-hybridized carbons (Fsp3) is 0.440. The zero-order valence-electron chi connectivity index (χ0n) is 18.9. The number of aryl methyl sites for hydroxylation is 1. The van der Waals surface area contributed by atoms with Crippen molar-refractivity contribution in [1.29, 1.82) is 5.26 Å². The maximum Gasteiger partial charge on any atom is 0.166 e. The van der Waals surface area contributed by atoms with Crippen molar-refractivity contribution >= 4 is 38.8 Å². The quantitative estimate of drug-likeness (QED) is 0.289. The number of unbranched alkanes of at least 4 members (excludes halogenated alkanes) is 3. The second-order valence-corrected chi connectivity index (χ2v) is 9.14. The number of rotatable bonds is 8. The predicted octanol–water partition coefficient (Wildman–Crippen LogP) is 6.59. The topological polar surface area (TPSA) is 67.9 Å². The van der Waals surface area contributed by atoms with Crippen molar-refractivity contribution < 1.29 is 0 Å². The SMILES string of the molecule is CCCCCCN1CCN(c2ccc(N=Nc3snc4cc(C)c(C#N)cc34)cc2)CC1. The molecule has 0 spiro atoms. The number of hydrogen-bond donors (Lipinski definition) is 0. The summed E-state index contributed by atoms with van der Waals surface area (Å²) in [6.45, 7) is 9.83. The molecule has 0 bridgehead atoms. The Kier molecular flexibility index (Phi) is 7.46. The lowest BCUT2D eigenvalue weighted by atomic mass is 10.1. The van der Waals surface area contributed by atoms with Gasteiger partial charge in [-0.1, -0.05) is 26.2 Å². The van der Waals surface area contributed by atoms with Gasteiger partial charge in [0.1, 0.15) is 0 Å². The Hall–Kier alpha value is -2.82. The normalized spacial score (nSPS) is 15.0. The summed E-state index contributed by atoms with van der Waals surface area (Å²) in [7, 11) is 0. The molecular formula is C25H30N6S. The van der Waals surface area contributed by atoms with Crippen molar-refractivity contribution in [3.8, 4) is 6.07 Å². The molecule has 3 aromatic rings. The molecule has 4 rings (SSSR count). The molecule has 0 saturated carbocycles. The Labute approximate surface area is 194 Å². The molecule has 166 valence electrons. The number of fused-ring (bicyclic) bond motifs is 1. The summed E-state index contributed by atoms with van der Waals surface area (Å²) in [5.41, 5.74) is 4.51. The van der Waals surface area contributed by atoms with E-state index in [4.69, 9.17) is 0 Å². The Morgan fingerprint density at radius 3 is 2.53 bits per heavy atom. The van der Waals surface area contributed by atoms with Crippen molar-refractivity contribution in [3.63, 3.8) is 0 Å². The summed E-state index contributed by atoms with van der Waals surface area (Å²) >= 11 is 1.31. The standard InChI is InChI=1S/C25H30N6S/c1-3-4-5-6-11-30-12-14-31(15-13-30)22-9-7-21(8-10-22)27-28-25-23-17-20(18-26)19(2)16-24(23)29-32-25/h7-10,16-17H,3-6,11-15H2,1-2H3. The molecule has 32 heavy (non-hydrogen) atoms. The summed E-state index contributed by atoms with van der Waals surface area (Å²) < 4.78 is 4.44. The van der Waals surface area contributed by atoms with Crippen LogP contribution in [0.25, 0.3) is 10.9 Å². The van der Waals surface area contributed by atoms with Gasteiger partial charge in [0, 0.05) is 37.3 Å². The first-order valence-electron chi connectivity index (χ1n) is 11.5. The summed E-state index contributed by atoms with van der Waals surface area (Å²) in [5, 5.41) is 19.7. The third-order valence-electron chi connectivity index (χ3n) is 6.10. The zero-order chi connectivity index (χ0) is 22.3. The monoisotopic (exact) mass is 446 g/mol. The highest BCUT2D eigenvalue weighted by Crippen LogP contribution is 2.33. The third-order valence-corrected chi connectivity index (χ3v) is 6.86. The lowest BCUT2D eigenvalue weighted by molar-refractivity contribution is 0.252. The number of aromatic nitrogens is 1. The molecule has 7 heteroatoms. The van der Waals surface area contributed by atoms with Crippen LogP contribution < -0.4 is 4.90 Å². The second kappa shape index (κ2) is 10.7. The van der Waals surface area contributed by atoms with Crippen molar-refractivity contribution in [3.05, 3.63) is 47.5 Å². The van der Waals surface area contributed by atoms with Gasteiger partial charge in [0.25, 0.3) is 0 Å². The van der Waals surface area contributed by atoms with Gasteiger partial charge in [0.2, 0.25) is 0 Å². The van der Waals surface area contributed by atoms with Gasteiger partial charge in [-0.25, -0.2) is 0 Å². The van der Waals surface area contributed by atoms with E-state index in [-0.39, 0.29) is 0 Å². The number of benzene rings is 2. The molecule has 0 unspecified atom stereocenters. The number of azo groups is 1. The molecule has 1 aliphatic heterocycles. The van der Waals surface area contributed by atoms with Gasteiger partial charge in [0.15, 0.2) is 5.00 Å². The third kappa shape index (κ3) is 5.32. The lowest BCUT2D eigenvalue weighted by Gasteiger charge is -2.36. The first kappa shape index (κ1) is 22.4. The molecule has 2 aromatic carbocycles. The van der Waals surface area contributed by atoms with Crippen LogP contribution in [0, 0.1) is 18.3 Å². The molecule has 1 aromatic heterocycles. The molecular weight excluding hydrogens is 416 g/mol. The van der Waals surface area contributed by atoms with Gasteiger partial charge in [-0.15, -0.1) is 10.2 Å². The van der Waals surface area contributed by atoms with E-state index in [1.54, 1.807) is 0 Å². The minimum atomic E-state index is 0.652. The molecule has 6 nitrogen and oxygen atoms in total. The number of anilines is 1. The summed E-state index contributed by atoms with van der Waals surface area (Å²) in [4.78, 5) is 5.04. The maximum atomic E-state index is 9.29. The van der Waals surface area contributed by atoms with Crippen LogP contribution in [0.5, 0.6) is 0 Å². The fourth-order valence-electron chi connectivity index (χ4n) is 4.10. The van der Waals surface area contributed by atoms with E-state index in [1.165, 1.54) is 49.4 Å². The fourth-order valence-corrected chi connectivity index (χ4v) is 4.77. The minimum Gasteiger partial charge on any atom is -0.369 e. The van der Waals surface area contributed by atoms with Crippen molar-refractivity contribution in [2.45, 2.75) is 39.5 Å². The summed E-state index contributed by atoms with van der Waals surface area (Å²) in [6.07, 6.45) is 5.32. The molecule has 0 atom stereocenters. The van der Waals surface area contributed by atoms with E-state index >= 15 is 0 Å². The van der Waals surface area contributed by atoms with Gasteiger partial charge >= 0.3 is 0 Å². The zero-order valence-corrected chi connectivity index (χ0v) is 19.7. The van der Waals surface area contributed by atoms with Crippen molar-refractivity contribution in [2.75, 3.05) is 37.6 Å². The van der Waals surface area contributed by atoms with E-state index in [2.05, 4.69) is 49.5 Å². The van der Waals surface area contributed by atoms with Crippen LogP contribution in [0.1, 0.15) is 43.7 Å². The van der Waals surface area contributed by atoms with Crippen molar-refractivity contribution in [1.82, 2.24) is 9.27 Å². The molecule has 0 aliphatic carbocycles. The Bertz CT molecular complexity index is 1100. The van der Waals surface area contributed by atoms with E-state index in [1.807, 2.05) is 31.2 Å². The number of nitrogens with zero attached hydrogens (tertiary/aromatic N) is 6. The van der Waals surface area contributed by atoms with Gasteiger partial charge in [-0.3, -0.25) is 4.90 Å². The predicted molar refractivity (Wildman–Crippen MR) is 132 cm³/mol. The van der Waals surface area contributed by atoms with Crippen LogP contribution >= 0.6 is 11.5 Å². The highest BCUT2D eigenvalue weighted by atomic mass is 32.1. The molecule has 1 fully saturated rings. The average Bonchev–Trinajstić information content (AvgIpc) is 3.22. The smallest absolute Gasteiger partial charge is 0.166 e. The van der Waals surface area contributed by atoms with Gasteiger partial charge in [-0.2, -0.15) is 9.64 Å². The molecule has 1 aliphatic rings. The summed E-state index contributed by atoms with van der Waals surface area (Å²) in [5.74, 6) is 0. The Morgan fingerprint density at radius 1 is 1.03 bits per heavy atom. The van der Waals surface area contributed by atoms with Gasteiger partial charge in [-0.05, 0) is 73.4 Å². The minimum absolute atomic E-state index is 0.652. The average molecular weight is 447 g/mol. The highest BCUT2D eigenvalue weighted by molar-refractivity contribution is 7.11.